The zero-order valence-corrected chi connectivity index (χ0v) is 31.3. The molecule has 0 aliphatic carbocycles. The van der Waals surface area contributed by atoms with E-state index in [0.29, 0.717) is 0 Å². The van der Waals surface area contributed by atoms with Gasteiger partial charge in [0.05, 0.1) is 0 Å². The van der Waals surface area contributed by atoms with Gasteiger partial charge in [0.1, 0.15) is 0 Å². The van der Waals surface area contributed by atoms with E-state index in [9.17, 15) is 0 Å². The van der Waals surface area contributed by atoms with Crippen molar-refractivity contribution < 1.29 is 0 Å². The highest BCUT2D eigenvalue weighted by Crippen LogP contribution is 2.13. The van der Waals surface area contributed by atoms with Crippen molar-refractivity contribution in [1.29, 1.82) is 0 Å². The second-order valence-electron chi connectivity index (χ2n) is 12.9. The number of unbranched alkanes of at least 4 members (excludes halogenated alkanes) is 24. The second kappa shape index (κ2) is 42.1. The molecule has 256 valence electrons. The average molecular weight is 638 g/mol. The van der Waals surface area contributed by atoms with E-state index < -0.39 is 0 Å². The van der Waals surface area contributed by atoms with Crippen LogP contribution in [0.15, 0.2) is 24.3 Å². The molecule has 1 nitrogen and oxygen atoms in total. The van der Waals surface area contributed by atoms with Gasteiger partial charge in [0, 0.05) is 24.6 Å². The van der Waals surface area contributed by atoms with Gasteiger partial charge in [-0.2, -0.15) is 23.5 Å². The smallest absolute Gasteiger partial charge is 0.00581 e. The Morgan fingerprint density at radius 2 is 0.605 bits per heavy atom. The fourth-order valence-corrected chi connectivity index (χ4v) is 7.32. The summed E-state index contributed by atoms with van der Waals surface area (Å²) in [5.74, 6) is 5.27. The molecule has 1 N–H and O–H groups in total. The normalized spacial score (nSPS) is 12.0. The molecule has 43 heavy (non-hydrogen) atoms. The Kier molecular flexibility index (Phi) is 42.3. The Labute approximate surface area is 281 Å². The molecule has 0 heterocycles. The number of allylic oxidation sites excluding steroid dienone is 4. The number of thioether (sulfide) groups is 2. The lowest BCUT2D eigenvalue weighted by Crippen LogP contribution is -2.20. The monoisotopic (exact) mass is 638 g/mol. The van der Waals surface area contributed by atoms with Crippen molar-refractivity contribution in [2.75, 3.05) is 36.1 Å². The Balaban J connectivity index is 3.09. The molecule has 0 fully saturated rings. The fraction of sp³-hybridized carbons (Fsp3) is 0.900. The van der Waals surface area contributed by atoms with Crippen LogP contribution in [0.25, 0.3) is 0 Å². The van der Waals surface area contributed by atoms with Gasteiger partial charge < -0.3 is 5.32 Å². The van der Waals surface area contributed by atoms with Crippen LogP contribution in [0, 0.1) is 0 Å². The summed E-state index contributed by atoms with van der Waals surface area (Å²) in [6.45, 7) is 6.96. The van der Waals surface area contributed by atoms with Crippen LogP contribution in [0.4, 0.5) is 0 Å². The first kappa shape index (κ1) is 43.1. The van der Waals surface area contributed by atoms with Crippen molar-refractivity contribution in [3.05, 3.63) is 24.3 Å². The first-order valence-corrected chi connectivity index (χ1v) is 21.9. The molecule has 0 saturated heterocycles. The Hall–Kier alpha value is 0.140. The summed E-state index contributed by atoms with van der Waals surface area (Å²) in [6, 6.07) is 0. The van der Waals surface area contributed by atoms with Crippen LogP contribution in [0.1, 0.15) is 194 Å². The molecule has 0 saturated carbocycles. The van der Waals surface area contributed by atoms with Gasteiger partial charge in [-0.25, -0.2) is 0 Å². The minimum absolute atomic E-state index is 1.19. The highest BCUT2D eigenvalue weighted by molar-refractivity contribution is 7.99. The lowest BCUT2D eigenvalue weighted by molar-refractivity contribution is 0.607. The number of rotatable bonds is 38. The molecular formula is C40H79NS2. The summed E-state index contributed by atoms with van der Waals surface area (Å²) in [7, 11) is 0. The first-order chi connectivity index (χ1) is 21.4. The maximum absolute atomic E-state index is 3.65. The van der Waals surface area contributed by atoms with E-state index in [2.05, 4.69) is 67.0 Å². The van der Waals surface area contributed by atoms with E-state index in [1.54, 1.807) is 0 Å². The van der Waals surface area contributed by atoms with Gasteiger partial charge in [0.2, 0.25) is 0 Å². The SMILES string of the molecule is CCCCCCCC/C=C\CCCCCCCCSCCNCCSCCCCCCCC/C=C\CCCCCCCC. The molecule has 0 aromatic heterocycles. The van der Waals surface area contributed by atoms with Gasteiger partial charge in [-0.15, -0.1) is 0 Å². The van der Waals surface area contributed by atoms with Crippen molar-refractivity contribution in [2.24, 2.45) is 0 Å². The third-order valence-corrected chi connectivity index (χ3v) is 10.6. The molecule has 3 heteroatoms. The maximum atomic E-state index is 3.65. The first-order valence-electron chi connectivity index (χ1n) is 19.6. The quantitative estimate of drug-likeness (QED) is 0.0534. The summed E-state index contributed by atoms with van der Waals surface area (Å²) in [5, 5.41) is 3.65. The molecular weight excluding hydrogens is 559 g/mol. The van der Waals surface area contributed by atoms with E-state index in [4.69, 9.17) is 0 Å². The topological polar surface area (TPSA) is 12.0 Å². The second-order valence-corrected chi connectivity index (χ2v) is 15.3. The molecule has 0 rings (SSSR count). The summed E-state index contributed by atoms with van der Waals surface area (Å²) < 4.78 is 0. The zero-order chi connectivity index (χ0) is 31.0. The number of nitrogens with one attached hydrogen (secondary N) is 1. The van der Waals surface area contributed by atoms with Crippen LogP contribution in [-0.4, -0.2) is 36.1 Å². The van der Waals surface area contributed by atoms with E-state index in [1.165, 1.54) is 216 Å². The lowest BCUT2D eigenvalue weighted by Gasteiger charge is -2.05. The van der Waals surface area contributed by atoms with Crippen LogP contribution in [0.3, 0.4) is 0 Å². The minimum atomic E-state index is 1.19. The summed E-state index contributed by atoms with van der Waals surface area (Å²) in [4.78, 5) is 0. The number of hydrogen-bond donors (Lipinski definition) is 1. The Morgan fingerprint density at radius 3 is 0.930 bits per heavy atom. The van der Waals surface area contributed by atoms with Crippen molar-refractivity contribution >= 4 is 23.5 Å². The average Bonchev–Trinajstić information content (AvgIpc) is 3.02. The summed E-state index contributed by atoms with van der Waals surface area (Å²) in [5.41, 5.74) is 0. The molecule has 0 spiro atoms. The third-order valence-electron chi connectivity index (χ3n) is 8.45. The van der Waals surface area contributed by atoms with Crippen LogP contribution < -0.4 is 5.32 Å². The van der Waals surface area contributed by atoms with Crippen LogP contribution in [0.2, 0.25) is 0 Å². The van der Waals surface area contributed by atoms with Crippen LogP contribution in [-0.2, 0) is 0 Å². The largest absolute Gasteiger partial charge is 0.315 e. The van der Waals surface area contributed by atoms with Crippen molar-refractivity contribution in [2.45, 2.75) is 194 Å². The van der Waals surface area contributed by atoms with Gasteiger partial charge in [-0.3, -0.25) is 0 Å². The Bertz CT molecular complexity index is 487. The molecule has 0 atom stereocenters. The summed E-state index contributed by atoms with van der Waals surface area (Å²) in [6.07, 6.45) is 49.0. The minimum Gasteiger partial charge on any atom is -0.315 e. The van der Waals surface area contributed by atoms with Crippen molar-refractivity contribution in [1.82, 2.24) is 5.32 Å². The van der Waals surface area contributed by atoms with Crippen LogP contribution >= 0.6 is 23.5 Å². The third kappa shape index (κ3) is 42.1. The fourth-order valence-electron chi connectivity index (χ4n) is 5.52. The molecule has 0 radical (unpaired) electrons. The molecule has 0 bridgehead atoms. The van der Waals surface area contributed by atoms with E-state index in [-0.39, 0.29) is 0 Å². The van der Waals surface area contributed by atoms with E-state index in [1.807, 2.05) is 0 Å². The van der Waals surface area contributed by atoms with Gasteiger partial charge >= 0.3 is 0 Å². The standard InChI is InChI=1S/C40H79NS2/c1-3-5-7-9-11-13-15-17-19-21-23-25-27-29-31-33-37-42-39-35-41-36-40-43-38-34-32-30-28-26-24-22-20-18-16-14-12-10-8-6-4-2/h17-20,41H,3-16,21-40H2,1-2H3/b19-17-,20-18-. The van der Waals surface area contributed by atoms with Gasteiger partial charge in [-0.1, -0.05) is 154 Å². The van der Waals surface area contributed by atoms with Crippen LogP contribution in [0.5, 0.6) is 0 Å². The highest BCUT2D eigenvalue weighted by Gasteiger charge is 1.96. The lowest BCUT2D eigenvalue weighted by atomic mass is 10.1. The molecule has 0 aromatic carbocycles. The van der Waals surface area contributed by atoms with Gasteiger partial charge in [0.25, 0.3) is 0 Å². The molecule has 0 unspecified atom stereocenters. The summed E-state index contributed by atoms with van der Waals surface area (Å²) >= 11 is 4.30. The Morgan fingerprint density at radius 1 is 0.326 bits per heavy atom. The van der Waals surface area contributed by atoms with Gasteiger partial charge in [0.15, 0.2) is 0 Å². The molecule has 0 aliphatic rings. The molecule has 0 amide bonds. The highest BCUT2D eigenvalue weighted by atomic mass is 32.2. The van der Waals surface area contributed by atoms with Crippen molar-refractivity contribution in [3.63, 3.8) is 0 Å². The van der Waals surface area contributed by atoms with Gasteiger partial charge in [-0.05, 0) is 75.7 Å². The molecule has 0 aromatic rings. The molecule has 0 aliphatic heterocycles. The predicted octanol–water partition coefficient (Wildman–Crippen LogP) is 14.1. The van der Waals surface area contributed by atoms with E-state index in [0.717, 1.165) is 0 Å². The predicted molar refractivity (Wildman–Crippen MR) is 206 cm³/mol. The van der Waals surface area contributed by atoms with Crippen molar-refractivity contribution in [3.8, 4) is 0 Å². The zero-order valence-electron chi connectivity index (χ0n) is 29.7. The maximum Gasteiger partial charge on any atom is 0.00581 e. The number of hydrogen-bond acceptors (Lipinski definition) is 3. The van der Waals surface area contributed by atoms with E-state index >= 15 is 0 Å².